The summed E-state index contributed by atoms with van der Waals surface area (Å²) in [7, 11) is 3.29. The van der Waals surface area contributed by atoms with Crippen LogP contribution in [0.15, 0.2) is 52.4 Å². The fourth-order valence-electron chi connectivity index (χ4n) is 2.56. The van der Waals surface area contributed by atoms with E-state index in [1.54, 1.807) is 38.1 Å². The number of amides is 1. The SMILES string of the molecule is CN=C(NCCCSc1ccc(F)cc1)NCc1ccc(OC)c(NC(C)=O)c1. The first kappa shape index (κ1) is 22.5. The summed E-state index contributed by atoms with van der Waals surface area (Å²) in [5.41, 5.74) is 1.63. The molecule has 1 amide bonds. The standard InChI is InChI=1S/C21H27FN4O2S/c1-15(27)26-19-13-16(5-10-20(19)28-3)14-25-21(23-2)24-11-4-12-29-18-8-6-17(22)7-9-18/h5-10,13H,4,11-12,14H2,1-3H3,(H,26,27)(H2,23,24,25). The maximum atomic E-state index is 12.9. The summed E-state index contributed by atoms with van der Waals surface area (Å²) in [6.07, 6.45) is 0.942. The van der Waals surface area contributed by atoms with E-state index in [4.69, 9.17) is 4.74 Å². The fraction of sp³-hybridized carbons (Fsp3) is 0.333. The van der Waals surface area contributed by atoms with Gasteiger partial charge in [-0.25, -0.2) is 4.39 Å². The molecule has 156 valence electrons. The zero-order valence-corrected chi connectivity index (χ0v) is 17.7. The van der Waals surface area contributed by atoms with E-state index in [1.165, 1.54) is 19.1 Å². The average Bonchev–Trinajstić information content (AvgIpc) is 2.71. The number of aliphatic imine (C=N–C) groups is 1. The van der Waals surface area contributed by atoms with Crippen molar-refractivity contribution in [3.63, 3.8) is 0 Å². The van der Waals surface area contributed by atoms with Gasteiger partial charge in [0.05, 0.1) is 12.8 Å². The third-order valence-electron chi connectivity index (χ3n) is 3.95. The third-order valence-corrected chi connectivity index (χ3v) is 5.05. The molecule has 0 fully saturated rings. The number of carbonyl (C=O) groups excluding carboxylic acids is 1. The van der Waals surface area contributed by atoms with Crippen LogP contribution in [0.2, 0.25) is 0 Å². The van der Waals surface area contributed by atoms with E-state index in [0.29, 0.717) is 23.9 Å². The van der Waals surface area contributed by atoms with Gasteiger partial charge < -0.3 is 20.7 Å². The number of nitrogens with zero attached hydrogens (tertiary/aromatic N) is 1. The zero-order chi connectivity index (χ0) is 21.1. The molecule has 0 atom stereocenters. The summed E-state index contributed by atoms with van der Waals surface area (Å²) in [5, 5.41) is 9.30. The molecule has 2 rings (SSSR count). The van der Waals surface area contributed by atoms with Crippen molar-refractivity contribution < 1.29 is 13.9 Å². The number of benzene rings is 2. The molecule has 0 aromatic heterocycles. The van der Waals surface area contributed by atoms with Gasteiger partial charge >= 0.3 is 0 Å². The number of hydrogen-bond acceptors (Lipinski definition) is 4. The van der Waals surface area contributed by atoms with Crippen LogP contribution in [0.5, 0.6) is 5.75 Å². The van der Waals surface area contributed by atoms with Crippen LogP contribution in [-0.4, -0.2) is 38.3 Å². The Morgan fingerprint density at radius 2 is 1.93 bits per heavy atom. The number of thioether (sulfide) groups is 1. The highest BCUT2D eigenvalue weighted by Gasteiger charge is 2.07. The Labute approximate surface area is 175 Å². The first-order valence-corrected chi connectivity index (χ1v) is 10.3. The van der Waals surface area contributed by atoms with Gasteiger partial charge in [0.1, 0.15) is 11.6 Å². The third kappa shape index (κ3) is 8.03. The minimum Gasteiger partial charge on any atom is -0.495 e. The van der Waals surface area contributed by atoms with Crippen molar-refractivity contribution in [2.45, 2.75) is 24.8 Å². The molecule has 0 aliphatic heterocycles. The Kier molecular flexibility index (Phi) is 9.30. The van der Waals surface area contributed by atoms with Crippen LogP contribution in [0.1, 0.15) is 18.9 Å². The number of methoxy groups -OCH3 is 1. The summed E-state index contributed by atoms with van der Waals surface area (Å²) in [6.45, 7) is 2.79. The quantitative estimate of drug-likeness (QED) is 0.251. The lowest BCUT2D eigenvalue weighted by atomic mass is 10.2. The van der Waals surface area contributed by atoms with E-state index in [9.17, 15) is 9.18 Å². The molecular formula is C21H27FN4O2S. The van der Waals surface area contributed by atoms with E-state index >= 15 is 0 Å². The highest BCUT2D eigenvalue weighted by molar-refractivity contribution is 7.99. The Hall–Kier alpha value is -2.74. The van der Waals surface area contributed by atoms with Gasteiger partial charge in [0.25, 0.3) is 0 Å². The lowest BCUT2D eigenvalue weighted by molar-refractivity contribution is -0.114. The largest absolute Gasteiger partial charge is 0.495 e. The van der Waals surface area contributed by atoms with Crippen molar-refractivity contribution in [3.05, 3.63) is 53.8 Å². The number of guanidine groups is 1. The van der Waals surface area contributed by atoms with Gasteiger partial charge in [-0.05, 0) is 54.1 Å². The Morgan fingerprint density at radius 1 is 1.17 bits per heavy atom. The van der Waals surface area contributed by atoms with Gasteiger partial charge in [-0.15, -0.1) is 11.8 Å². The molecule has 0 unspecified atom stereocenters. The molecule has 0 spiro atoms. The minimum atomic E-state index is -0.216. The van der Waals surface area contributed by atoms with Gasteiger partial charge in [-0.1, -0.05) is 6.07 Å². The molecule has 2 aromatic carbocycles. The van der Waals surface area contributed by atoms with E-state index in [2.05, 4.69) is 20.9 Å². The first-order chi connectivity index (χ1) is 14.0. The van der Waals surface area contributed by atoms with Gasteiger partial charge in [0.2, 0.25) is 5.91 Å². The molecule has 0 heterocycles. The van der Waals surface area contributed by atoms with E-state index in [-0.39, 0.29) is 11.7 Å². The number of hydrogen-bond donors (Lipinski definition) is 3. The maximum Gasteiger partial charge on any atom is 0.221 e. The van der Waals surface area contributed by atoms with Crippen molar-refractivity contribution in [2.24, 2.45) is 4.99 Å². The molecule has 29 heavy (non-hydrogen) atoms. The van der Waals surface area contributed by atoms with Crippen molar-refractivity contribution in [3.8, 4) is 5.75 Å². The highest BCUT2D eigenvalue weighted by atomic mass is 32.2. The molecule has 0 aliphatic carbocycles. The van der Waals surface area contributed by atoms with Crippen LogP contribution in [0.4, 0.5) is 10.1 Å². The van der Waals surface area contributed by atoms with Crippen molar-refractivity contribution >= 4 is 29.3 Å². The topological polar surface area (TPSA) is 74.8 Å². The second-order valence-electron chi connectivity index (χ2n) is 6.22. The van der Waals surface area contributed by atoms with Gasteiger partial charge in [0.15, 0.2) is 5.96 Å². The van der Waals surface area contributed by atoms with Crippen LogP contribution >= 0.6 is 11.8 Å². The first-order valence-electron chi connectivity index (χ1n) is 9.29. The number of anilines is 1. The summed E-state index contributed by atoms with van der Waals surface area (Å²) < 4.78 is 18.2. The molecule has 3 N–H and O–H groups in total. The molecule has 6 nitrogen and oxygen atoms in total. The minimum absolute atomic E-state index is 0.149. The highest BCUT2D eigenvalue weighted by Crippen LogP contribution is 2.25. The number of halogens is 1. The molecule has 0 saturated carbocycles. The fourth-order valence-corrected chi connectivity index (χ4v) is 3.41. The lowest BCUT2D eigenvalue weighted by Gasteiger charge is -2.14. The van der Waals surface area contributed by atoms with E-state index < -0.39 is 0 Å². The summed E-state index contributed by atoms with van der Waals surface area (Å²) >= 11 is 1.70. The van der Waals surface area contributed by atoms with Crippen LogP contribution in [0.3, 0.4) is 0 Å². The summed E-state index contributed by atoms with van der Waals surface area (Å²) in [6, 6.07) is 12.2. The van der Waals surface area contributed by atoms with Gasteiger partial charge in [-0.3, -0.25) is 9.79 Å². The van der Waals surface area contributed by atoms with Gasteiger partial charge in [-0.2, -0.15) is 0 Å². The predicted octanol–water partition coefficient (Wildman–Crippen LogP) is 3.64. The Morgan fingerprint density at radius 3 is 2.59 bits per heavy atom. The summed E-state index contributed by atoms with van der Waals surface area (Å²) in [5.74, 6) is 1.88. The summed E-state index contributed by atoms with van der Waals surface area (Å²) in [4.78, 5) is 16.6. The number of rotatable bonds is 9. The smallest absolute Gasteiger partial charge is 0.221 e. The second kappa shape index (κ2) is 12.0. The number of nitrogens with one attached hydrogen (secondary N) is 3. The number of carbonyl (C=O) groups is 1. The molecule has 0 aliphatic rings. The van der Waals surface area contributed by atoms with Crippen LogP contribution < -0.4 is 20.7 Å². The van der Waals surface area contributed by atoms with Crippen LogP contribution in [-0.2, 0) is 11.3 Å². The van der Waals surface area contributed by atoms with Crippen molar-refractivity contribution in [2.75, 3.05) is 31.8 Å². The van der Waals surface area contributed by atoms with Crippen LogP contribution in [0, 0.1) is 5.82 Å². The monoisotopic (exact) mass is 418 g/mol. The molecule has 0 bridgehead atoms. The number of ether oxygens (including phenoxy) is 1. The normalized spacial score (nSPS) is 11.1. The molecule has 0 saturated heterocycles. The van der Waals surface area contributed by atoms with E-state index in [1.807, 2.05) is 18.2 Å². The average molecular weight is 419 g/mol. The zero-order valence-electron chi connectivity index (χ0n) is 16.9. The lowest BCUT2D eigenvalue weighted by Crippen LogP contribution is -2.37. The van der Waals surface area contributed by atoms with Crippen molar-refractivity contribution in [1.29, 1.82) is 0 Å². The Balaban J connectivity index is 1.75. The van der Waals surface area contributed by atoms with Gasteiger partial charge in [0, 0.05) is 32.0 Å². The maximum absolute atomic E-state index is 12.9. The molecule has 0 radical (unpaired) electrons. The molecule has 2 aromatic rings. The molecule has 8 heteroatoms. The van der Waals surface area contributed by atoms with Crippen molar-refractivity contribution in [1.82, 2.24) is 10.6 Å². The molecular weight excluding hydrogens is 391 g/mol. The second-order valence-corrected chi connectivity index (χ2v) is 7.39. The van der Waals surface area contributed by atoms with E-state index in [0.717, 1.165) is 29.2 Å². The van der Waals surface area contributed by atoms with Crippen LogP contribution in [0.25, 0.3) is 0 Å². The Bertz CT molecular complexity index is 828. The predicted molar refractivity (Wildman–Crippen MR) is 117 cm³/mol.